The molecule has 0 saturated heterocycles. The highest BCUT2D eigenvalue weighted by Gasteiger charge is 2.04. The number of hydrogen-bond acceptors (Lipinski definition) is 5. The van der Waals surface area contributed by atoms with Crippen molar-refractivity contribution >= 4 is 29.5 Å². The Kier molecular flexibility index (Phi) is 9.48. The molecule has 8 heteroatoms. The van der Waals surface area contributed by atoms with Crippen molar-refractivity contribution in [2.75, 3.05) is 13.7 Å². The predicted molar refractivity (Wildman–Crippen MR) is 103 cm³/mol. The second-order valence-electron chi connectivity index (χ2n) is 5.40. The van der Waals surface area contributed by atoms with Crippen molar-refractivity contribution in [3.05, 3.63) is 54.0 Å². The minimum absolute atomic E-state index is 0.0691. The molecule has 0 spiro atoms. The van der Waals surface area contributed by atoms with Crippen molar-refractivity contribution in [1.29, 1.82) is 0 Å². The number of carbonyl (C=O) groups excluding carboxylic acids is 2. The summed E-state index contributed by atoms with van der Waals surface area (Å²) in [7, 11) is 1.66. The second-order valence-corrected chi connectivity index (χ2v) is 5.81. The quantitative estimate of drug-likeness (QED) is 0.419. The number of nitrogens with one attached hydrogen (secondary N) is 3. The third kappa shape index (κ3) is 8.29. The molecule has 0 saturated carbocycles. The van der Waals surface area contributed by atoms with Gasteiger partial charge >= 0.3 is 0 Å². The maximum atomic E-state index is 11.4. The highest BCUT2D eigenvalue weighted by molar-refractivity contribution is 7.80. The summed E-state index contributed by atoms with van der Waals surface area (Å²) in [6, 6.07) is 11.0. The van der Waals surface area contributed by atoms with E-state index in [1.807, 2.05) is 24.3 Å². The van der Waals surface area contributed by atoms with E-state index in [1.165, 1.54) is 11.8 Å². The van der Waals surface area contributed by atoms with E-state index in [0.29, 0.717) is 28.8 Å². The first kappa shape index (κ1) is 21.2. The maximum Gasteiger partial charge on any atom is 0.276 e. The van der Waals surface area contributed by atoms with E-state index in [9.17, 15) is 9.59 Å². The van der Waals surface area contributed by atoms with E-state index in [1.54, 1.807) is 19.2 Å². The van der Waals surface area contributed by atoms with Crippen molar-refractivity contribution in [1.82, 2.24) is 16.2 Å². The van der Waals surface area contributed by atoms with Crippen LogP contribution in [0.4, 0.5) is 0 Å². The molecular formula is C18H23N3O4S. The number of hydrazine groups is 1. The van der Waals surface area contributed by atoms with Gasteiger partial charge in [-0.2, -0.15) is 0 Å². The first-order chi connectivity index (χ1) is 12.5. The zero-order valence-electron chi connectivity index (χ0n) is 14.9. The molecule has 1 aromatic carbocycles. The molecule has 1 aromatic heterocycles. The molecule has 0 aliphatic rings. The molecule has 0 fully saturated rings. The first-order valence-electron chi connectivity index (χ1n) is 7.94. The number of rotatable bonds is 5. The fourth-order valence-corrected chi connectivity index (χ4v) is 1.73. The van der Waals surface area contributed by atoms with E-state index in [-0.39, 0.29) is 12.5 Å². The molecule has 1 heterocycles. The van der Waals surface area contributed by atoms with Crippen LogP contribution in [0.25, 0.3) is 0 Å². The van der Waals surface area contributed by atoms with Crippen LogP contribution in [0.1, 0.15) is 35.9 Å². The average molecular weight is 377 g/mol. The van der Waals surface area contributed by atoms with Crippen LogP contribution >= 0.6 is 12.2 Å². The van der Waals surface area contributed by atoms with Crippen molar-refractivity contribution in [2.24, 2.45) is 0 Å². The molecule has 26 heavy (non-hydrogen) atoms. The fourth-order valence-electron chi connectivity index (χ4n) is 1.68. The standard InChI is InChI=1S/C13H19N3O2S.C5H4O2/c1-9(2)10-4-6-11(7-5-10)18-8-12(17)15-16-13(19)14-3;6-4-5-2-1-3-7-5/h4-7,9H,8H2,1-3H3,(H,15,17)(H2,14,16,19);1-4H. The lowest BCUT2D eigenvalue weighted by Crippen LogP contribution is -2.47. The maximum absolute atomic E-state index is 11.4. The molecule has 1 amide bonds. The van der Waals surface area contributed by atoms with Gasteiger partial charge in [-0.25, -0.2) is 0 Å². The highest BCUT2D eigenvalue weighted by Crippen LogP contribution is 2.18. The number of carbonyl (C=O) groups is 2. The summed E-state index contributed by atoms with van der Waals surface area (Å²) in [6.07, 6.45) is 2.13. The van der Waals surface area contributed by atoms with Crippen molar-refractivity contribution in [3.8, 4) is 5.75 Å². The molecule has 7 nitrogen and oxygen atoms in total. The van der Waals surface area contributed by atoms with Gasteiger partial charge in [-0.3, -0.25) is 20.4 Å². The van der Waals surface area contributed by atoms with Gasteiger partial charge in [0.1, 0.15) is 5.75 Å². The fraction of sp³-hybridized carbons (Fsp3) is 0.278. The zero-order chi connectivity index (χ0) is 19.4. The van der Waals surface area contributed by atoms with Gasteiger partial charge in [0.2, 0.25) is 0 Å². The Morgan fingerprint density at radius 2 is 1.92 bits per heavy atom. The molecule has 0 unspecified atom stereocenters. The summed E-state index contributed by atoms with van der Waals surface area (Å²) < 4.78 is 9.97. The summed E-state index contributed by atoms with van der Waals surface area (Å²) in [5.41, 5.74) is 6.18. The molecule has 2 aromatic rings. The Bertz CT molecular complexity index is 685. The summed E-state index contributed by atoms with van der Waals surface area (Å²) in [6.45, 7) is 4.18. The topological polar surface area (TPSA) is 92.6 Å². The first-order valence-corrected chi connectivity index (χ1v) is 8.35. The number of hydrogen-bond donors (Lipinski definition) is 3. The molecular weight excluding hydrogens is 354 g/mol. The van der Waals surface area contributed by atoms with Crippen LogP contribution in [-0.4, -0.2) is 31.0 Å². The molecule has 0 aliphatic heterocycles. The Morgan fingerprint density at radius 3 is 2.38 bits per heavy atom. The number of ether oxygens (including phenoxy) is 1. The summed E-state index contributed by atoms with van der Waals surface area (Å²) >= 11 is 4.81. The van der Waals surface area contributed by atoms with Crippen LogP contribution in [0, 0.1) is 0 Å². The minimum Gasteiger partial charge on any atom is -0.484 e. The normalized spacial score (nSPS) is 9.54. The number of thiocarbonyl (C=S) groups is 1. The second kappa shape index (κ2) is 11.6. The Morgan fingerprint density at radius 1 is 1.23 bits per heavy atom. The number of furan rings is 1. The molecule has 0 atom stereocenters. The molecule has 3 N–H and O–H groups in total. The van der Waals surface area contributed by atoms with Gasteiger partial charge in [0.25, 0.3) is 5.91 Å². The average Bonchev–Trinajstić information content (AvgIpc) is 3.19. The highest BCUT2D eigenvalue weighted by atomic mass is 32.1. The number of benzene rings is 1. The SMILES string of the molecule is CNC(=S)NNC(=O)COc1ccc(C(C)C)cc1.O=Cc1ccco1. The van der Waals surface area contributed by atoms with E-state index >= 15 is 0 Å². The van der Waals surface area contributed by atoms with E-state index in [0.717, 1.165) is 0 Å². The smallest absolute Gasteiger partial charge is 0.276 e. The van der Waals surface area contributed by atoms with Gasteiger partial charge in [0, 0.05) is 7.05 Å². The van der Waals surface area contributed by atoms with Crippen LogP contribution in [0.3, 0.4) is 0 Å². The van der Waals surface area contributed by atoms with Gasteiger partial charge < -0.3 is 14.5 Å². The van der Waals surface area contributed by atoms with Crippen LogP contribution in [0.2, 0.25) is 0 Å². The zero-order valence-corrected chi connectivity index (χ0v) is 15.8. The number of amides is 1. The van der Waals surface area contributed by atoms with E-state index in [4.69, 9.17) is 17.0 Å². The monoisotopic (exact) mass is 377 g/mol. The van der Waals surface area contributed by atoms with Crippen molar-refractivity contribution in [3.63, 3.8) is 0 Å². The van der Waals surface area contributed by atoms with Crippen LogP contribution < -0.4 is 20.9 Å². The Balaban J connectivity index is 0.000000401. The molecule has 2 rings (SSSR count). The van der Waals surface area contributed by atoms with Crippen molar-refractivity contribution < 1.29 is 18.7 Å². The third-order valence-electron chi connectivity index (χ3n) is 3.12. The van der Waals surface area contributed by atoms with Gasteiger partial charge in [-0.05, 0) is 48.0 Å². The van der Waals surface area contributed by atoms with Crippen molar-refractivity contribution in [2.45, 2.75) is 19.8 Å². The molecule has 0 bridgehead atoms. The summed E-state index contributed by atoms with van der Waals surface area (Å²) in [4.78, 5) is 21.2. The van der Waals surface area contributed by atoms with Gasteiger partial charge in [0.05, 0.1) is 6.26 Å². The van der Waals surface area contributed by atoms with E-state index in [2.05, 4.69) is 34.4 Å². The minimum atomic E-state index is -0.300. The van der Waals surface area contributed by atoms with E-state index < -0.39 is 0 Å². The largest absolute Gasteiger partial charge is 0.484 e. The molecule has 0 aliphatic carbocycles. The Hall–Kier alpha value is -2.87. The Labute approximate surface area is 158 Å². The lowest BCUT2D eigenvalue weighted by Gasteiger charge is -2.10. The van der Waals surface area contributed by atoms with Crippen LogP contribution in [0.15, 0.2) is 47.1 Å². The van der Waals surface area contributed by atoms with Gasteiger partial charge in [-0.15, -0.1) is 0 Å². The van der Waals surface area contributed by atoms with Gasteiger partial charge in [-0.1, -0.05) is 26.0 Å². The summed E-state index contributed by atoms with van der Waals surface area (Å²) in [5, 5.41) is 3.02. The predicted octanol–water partition coefficient (Wildman–Crippen LogP) is 2.41. The van der Waals surface area contributed by atoms with Gasteiger partial charge in [0.15, 0.2) is 23.8 Å². The lowest BCUT2D eigenvalue weighted by atomic mass is 10.0. The molecule has 0 radical (unpaired) electrons. The van der Waals surface area contributed by atoms with Crippen LogP contribution in [0.5, 0.6) is 5.75 Å². The lowest BCUT2D eigenvalue weighted by molar-refractivity contribution is -0.123. The molecule has 140 valence electrons. The third-order valence-corrected chi connectivity index (χ3v) is 3.42. The van der Waals surface area contributed by atoms with Crippen LogP contribution in [-0.2, 0) is 4.79 Å². The number of aldehydes is 1. The summed E-state index contributed by atoms with van der Waals surface area (Å²) in [5.74, 6) is 1.21.